The molecular formula is C17H28N2O2. The fourth-order valence-corrected chi connectivity index (χ4v) is 3.02. The highest BCUT2D eigenvalue weighted by Crippen LogP contribution is 2.23. The molecule has 1 aliphatic heterocycles. The highest BCUT2D eigenvalue weighted by Gasteiger charge is 2.20. The van der Waals surface area contributed by atoms with Gasteiger partial charge >= 0.3 is 0 Å². The summed E-state index contributed by atoms with van der Waals surface area (Å²) in [7, 11) is 3.49. The molecule has 1 N–H and O–H groups in total. The zero-order valence-electron chi connectivity index (χ0n) is 13.3. The molecule has 1 saturated heterocycles. The van der Waals surface area contributed by atoms with Gasteiger partial charge in [0.15, 0.2) is 0 Å². The summed E-state index contributed by atoms with van der Waals surface area (Å²) in [4.78, 5) is 2.55. The second-order valence-electron chi connectivity index (χ2n) is 5.75. The van der Waals surface area contributed by atoms with Gasteiger partial charge in [0.05, 0.1) is 13.7 Å². The summed E-state index contributed by atoms with van der Waals surface area (Å²) in [5.74, 6) is 1.74. The lowest BCUT2D eigenvalue weighted by atomic mass is 9.97. The monoisotopic (exact) mass is 292 g/mol. The lowest BCUT2D eigenvalue weighted by Gasteiger charge is -2.33. The minimum Gasteiger partial charge on any atom is -0.496 e. The van der Waals surface area contributed by atoms with Crippen molar-refractivity contribution in [3.63, 3.8) is 0 Å². The Morgan fingerprint density at radius 2 is 2.14 bits per heavy atom. The number of nitrogens with zero attached hydrogens (tertiary/aromatic N) is 1. The number of benzene rings is 1. The van der Waals surface area contributed by atoms with E-state index in [9.17, 15) is 0 Å². The van der Waals surface area contributed by atoms with Crippen LogP contribution in [0.1, 0.15) is 18.4 Å². The molecule has 0 radical (unpaired) electrons. The van der Waals surface area contributed by atoms with Gasteiger partial charge in [-0.3, -0.25) is 4.90 Å². The molecule has 2 rings (SSSR count). The second kappa shape index (κ2) is 9.03. The van der Waals surface area contributed by atoms with Crippen LogP contribution in [0.2, 0.25) is 0 Å². The highest BCUT2D eigenvalue weighted by molar-refractivity contribution is 5.33. The Kier molecular flexibility index (Phi) is 7.00. The molecule has 21 heavy (non-hydrogen) atoms. The molecule has 0 saturated carbocycles. The molecule has 0 aromatic heterocycles. The third kappa shape index (κ3) is 5.30. The molecule has 118 valence electrons. The van der Waals surface area contributed by atoms with Crippen molar-refractivity contribution in [1.82, 2.24) is 10.2 Å². The number of para-hydroxylation sites is 1. The van der Waals surface area contributed by atoms with Crippen molar-refractivity contribution in [2.24, 2.45) is 5.92 Å². The molecule has 1 atom stereocenters. The summed E-state index contributed by atoms with van der Waals surface area (Å²) >= 11 is 0. The van der Waals surface area contributed by atoms with E-state index in [0.29, 0.717) is 0 Å². The largest absolute Gasteiger partial charge is 0.496 e. The molecule has 1 unspecified atom stereocenters. The van der Waals surface area contributed by atoms with Crippen LogP contribution in [0.15, 0.2) is 24.3 Å². The summed E-state index contributed by atoms with van der Waals surface area (Å²) < 4.78 is 10.5. The lowest BCUT2D eigenvalue weighted by molar-refractivity contribution is 0.158. The molecule has 0 amide bonds. The van der Waals surface area contributed by atoms with Gasteiger partial charge in [-0.25, -0.2) is 0 Å². The van der Waals surface area contributed by atoms with Crippen LogP contribution in [0.4, 0.5) is 0 Å². The zero-order valence-corrected chi connectivity index (χ0v) is 13.3. The van der Waals surface area contributed by atoms with Crippen LogP contribution >= 0.6 is 0 Å². The van der Waals surface area contributed by atoms with Crippen molar-refractivity contribution in [2.45, 2.75) is 19.4 Å². The first-order valence-corrected chi connectivity index (χ1v) is 7.87. The SMILES string of the molecule is COCCNCC1CCCN(Cc2ccccc2OC)C1. The standard InChI is InChI=1S/C17H28N2O2/c1-20-11-9-18-12-15-6-5-10-19(13-15)14-16-7-3-4-8-17(16)21-2/h3-4,7-8,15,18H,5-6,9-14H2,1-2H3. The fraction of sp³-hybridized carbons (Fsp3) is 0.647. The molecule has 0 spiro atoms. The third-order valence-electron chi connectivity index (χ3n) is 4.11. The molecule has 4 heteroatoms. The van der Waals surface area contributed by atoms with E-state index in [4.69, 9.17) is 9.47 Å². The van der Waals surface area contributed by atoms with Gasteiger partial charge in [-0.1, -0.05) is 18.2 Å². The van der Waals surface area contributed by atoms with Crippen molar-refractivity contribution in [1.29, 1.82) is 0 Å². The van der Waals surface area contributed by atoms with Crippen LogP contribution in [0, 0.1) is 5.92 Å². The normalized spacial score (nSPS) is 19.6. The van der Waals surface area contributed by atoms with E-state index in [0.717, 1.165) is 44.5 Å². The molecule has 1 heterocycles. The van der Waals surface area contributed by atoms with Gasteiger partial charge in [0, 0.05) is 32.3 Å². The zero-order chi connectivity index (χ0) is 14.9. The Bertz CT molecular complexity index is 412. The van der Waals surface area contributed by atoms with E-state index in [1.807, 2.05) is 12.1 Å². The average molecular weight is 292 g/mol. The number of likely N-dealkylation sites (tertiary alicyclic amines) is 1. The van der Waals surface area contributed by atoms with Gasteiger partial charge in [-0.2, -0.15) is 0 Å². The number of methoxy groups -OCH3 is 2. The summed E-state index contributed by atoms with van der Waals surface area (Å²) in [6, 6.07) is 8.33. The van der Waals surface area contributed by atoms with Crippen LogP contribution in [-0.2, 0) is 11.3 Å². The number of rotatable bonds is 8. The topological polar surface area (TPSA) is 33.7 Å². The number of nitrogens with one attached hydrogen (secondary N) is 1. The second-order valence-corrected chi connectivity index (χ2v) is 5.75. The maximum absolute atomic E-state index is 5.45. The predicted octanol–water partition coefficient (Wildman–Crippen LogP) is 2.14. The molecule has 4 nitrogen and oxygen atoms in total. The molecule has 1 aromatic carbocycles. The first kappa shape index (κ1) is 16.3. The van der Waals surface area contributed by atoms with Crippen molar-refractivity contribution in [2.75, 3.05) is 47.0 Å². The van der Waals surface area contributed by atoms with Gasteiger partial charge < -0.3 is 14.8 Å². The van der Waals surface area contributed by atoms with Crippen molar-refractivity contribution >= 4 is 0 Å². The number of hydrogen-bond acceptors (Lipinski definition) is 4. The van der Waals surface area contributed by atoms with Crippen LogP contribution in [0.25, 0.3) is 0 Å². The first-order valence-electron chi connectivity index (χ1n) is 7.87. The van der Waals surface area contributed by atoms with E-state index in [1.54, 1.807) is 14.2 Å². The summed E-state index contributed by atoms with van der Waals surface area (Å²) in [5.41, 5.74) is 1.29. The van der Waals surface area contributed by atoms with E-state index in [-0.39, 0.29) is 0 Å². The Morgan fingerprint density at radius 3 is 2.95 bits per heavy atom. The van der Waals surface area contributed by atoms with Crippen LogP contribution in [0.3, 0.4) is 0 Å². The molecule has 0 aliphatic carbocycles. The van der Waals surface area contributed by atoms with Crippen molar-refractivity contribution in [3.8, 4) is 5.75 Å². The van der Waals surface area contributed by atoms with E-state index < -0.39 is 0 Å². The number of piperidine rings is 1. The van der Waals surface area contributed by atoms with Crippen LogP contribution < -0.4 is 10.1 Å². The highest BCUT2D eigenvalue weighted by atomic mass is 16.5. The number of hydrogen-bond donors (Lipinski definition) is 1. The quantitative estimate of drug-likeness (QED) is 0.744. The van der Waals surface area contributed by atoms with Crippen molar-refractivity contribution in [3.05, 3.63) is 29.8 Å². The van der Waals surface area contributed by atoms with Gasteiger partial charge in [0.25, 0.3) is 0 Å². The predicted molar refractivity (Wildman–Crippen MR) is 85.7 cm³/mol. The summed E-state index contributed by atoms with van der Waals surface area (Å²) in [6.07, 6.45) is 2.61. The molecule has 0 bridgehead atoms. The fourth-order valence-electron chi connectivity index (χ4n) is 3.02. The summed E-state index contributed by atoms with van der Waals surface area (Å²) in [6.45, 7) is 6.16. The molecular weight excluding hydrogens is 264 g/mol. The van der Waals surface area contributed by atoms with Gasteiger partial charge in [0.2, 0.25) is 0 Å². The maximum Gasteiger partial charge on any atom is 0.123 e. The Balaban J connectivity index is 1.80. The van der Waals surface area contributed by atoms with E-state index >= 15 is 0 Å². The minimum atomic E-state index is 0.741. The summed E-state index contributed by atoms with van der Waals surface area (Å²) in [5, 5.41) is 3.49. The van der Waals surface area contributed by atoms with E-state index in [2.05, 4.69) is 22.3 Å². The first-order chi connectivity index (χ1) is 10.3. The Labute approximate surface area is 128 Å². The van der Waals surface area contributed by atoms with Crippen molar-refractivity contribution < 1.29 is 9.47 Å². The average Bonchev–Trinajstić information content (AvgIpc) is 2.52. The molecule has 1 aliphatic rings. The van der Waals surface area contributed by atoms with Gasteiger partial charge in [0.1, 0.15) is 5.75 Å². The lowest BCUT2D eigenvalue weighted by Crippen LogP contribution is -2.39. The third-order valence-corrected chi connectivity index (χ3v) is 4.11. The smallest absolute Gasteiger partial charge is 0.123 e. The van der Waals surface area contributed by atoms with Gasteiger partial charge in [-0.15, -0.1) is 0 Å². The Morgan fingerprint density at radius 1 is 1.29 bits per heavy atom. The van der Waals surface area contributed by atoms with Gasteiger partial charge in [-0.05, 0) is 37.9 Å². The van der Waals surface area contributed by atoms with Crippen LogP contribution in [0.5, 0.6) is 5.75 Å². The Hall–Kier alpha value is -1.10. The molecule has 1 aromatic rings. The maximum atomic E-state index is 5.45. The minimum absolute atomic E-state index is 0.741. The van der Waals surface area contributed by atoms with Crippen LogP contribution in [-0.4, -0.2) is 51.9 Å². The van der Waals surface area contributed by atoms with E-state index in [1.165, 1.54) is 24.9 Å². The number of ether oxygens (including phenoxy) is 2. The molecule has 1 fully saturated rings.